The maximum absolute atomic E-state index is 11.3. The smallest absolute Gasteiger partial charge is 0.325 e. The van der Waals surface area contributed by atoms with Crippen LogP contribution in [0.5, 0.6) is 0 Å². The molecule has 0 spiro atoms. The first-order chi connectivity index (χ1) is 7.59. The Morgan fingerprint density at radius 2 is 2.00 bits per heavy atom. The molecule has 0 saturated heterocycles. The average molecular weight is 239 g/mol. The van der Waals surface area contributed by atoms with Crippen LogP contribution in [-0.4, -0.2) is 28.8 Å². The molecule has 0 heterocycles. The Balaban J connectivity index is 2.33. The van der Waals surface area contributed by atoms with Gasteiger partial charge < -0.3 is 10.4 Å². The van der Waals surface area contributed by atoms with Crippen molar-refractivity contribution in [1.29, 1.82) is 0 Å². The third-order valence-electron chi connectivity index (χ3n) is 1.86. The second kappa shape index (κ2) is 6.17. The molecule has 0 aliphatic rings. The van der Waals surface area contributed by atoms with Gasteiger partial charge in [0, 0.05) is 4.90 Å². The van der Waals surface area contributed by atoms with E-state index in [2.05, 4.69) is 5.32 Å². The van der Waals surface area contributed by atoms with Crippen molar-refractivity contribution in [3.63, 3.8) is 0 Å². The van der Waals surface area contributed by atoms with Crippen LogP contribution >= 0.6 is 11.8 Å². The fraction of sp³-hybridized carbons (Fsp3) is 0.273. The van der Waals surface area contributed by atoms with Gasteiger partial charge >= 0.3 is 5.97 Å². The Morgan fingerprint density at radius 3 is 2.56 bits per heavy atom. The third kappa shape index (κ3) is 4.35. The summed E-state index contributed by atoms with van der Waals surface area (Å²) in [4.78, 5) is 22.8. The van der Waals surface area contributed by atoms with Crippen molar-refractivity contribution in [2.24, 2.45) is 0 Å². The van der Waals surface area contributed by atoms with Crippen LogP contribution in [0.4, 0.5) is 0 Å². The van der Waals surface area contributed by atoms with Crippen molar-refractivity contribution in [2.75, 3.05) is 5.75 Å². The molecular formula is C11H13NO3S. The minimum absolute atomic E-state index is 0.224. The maximum atomic E-state index is 11.3. The number of hydrogen-bond acceptors (Lipinski definition) is 3. The molecular weight excluding hydrogens is 226 g/mol. The number of benzene rings is 1. The molecule has 86 valence electrons. The molecule has 16 heavy (non-hydrogen) atoms. The van der Waals surface area contributed by atoms with Crippen LogP contribution in [0.3, 0.4) is 0 Å². The highest BCUT2D eigenvalue weighted by Gasteiger charge is 2.13. The Kier molecular flexibility index (Phi) is 4.85. The minimum Gasteiger partial charge on any atom is -0.480 e. The van der Waals surface area contributed by atoms with Crippen LogP contribution in [0, 0.1) is 0 Å². The molecule has 2 N–H and O–H groups in total. The quantitative estimate of drug-likeness (QED) is 0.762. The van der Waals surface area contributed by atoms with Gasteiger partial charge in [-0.3, -0.25) is 9.59 Å². The van der Waals surface area contributed by atoms with Gasteiger partial charge in [-0.1, -0.05) is 18.2 Å². The number of carboxylic acids is 1. The van der Waals surface area contributed by atoms with Crippen molar-refractivity contribution < 1.29 is 14.7 Å². The molecule has 0 aliphatic heterocycles. The lowest BCUT2D eigenvalue weighted by Crippen LogP contribution is -2.39. The van der Waals surface area contributed by atoms with Gasteiger partial charge in [-0.2, -0.15) is 0 Å². The summed E-state index contributed by atoms with van der Waals surface area (Å²) in [5.41, 5.74) is 0. The molecule has 1 unspecified atom stereocenters. The number of aliphatic carboxylic acids is 1. The summed E-state index contributed by atoms with van der Waals surface area (Å²) in [5, 5.41) is 11.0. The number of nitrogens with one attached hydrogen (secondary N) is 1. The number of carboxylic acid groups (broad SMARTS) is 1. The van der Waals surface area contributed by atoms with Crippen molar-refractivity contribution >= 4 is 23.6 Å². The van der Waals surface area contributed by atoms with Crippen LogP contribution in [0.25, 0.3) is 0 Å². The molecule has 1 aromatic rings. The lowest BCUT2D eigenvalue weighted by Gasteiger charge is -2.08. The average Bonchev–Trinajstić information content (AvgIpc) is 2.27. The Labute approximate surface area is 98.0 Å². The van der Waals surface area contributed by atoms with Crippen molar-refractivity contribution in [3.8, 4) is 0 Å². The van der Waals surface area contributed by atoms with Crippen LogP contribution in [0.15, 0.2) is 35.2 Å². The lowest BCUT2D eigenvalue weighted by molar-refractivity contribution is -0.140. The van der Waals surface area contributed by atoms with Gasteiger partial charge in [0.2, 0.25) is 5.91 Å². The summed E-state index contributed by atoms with van der Waals surface area (Å²) in [5.74, 6) is -1.08. The summed E-state index contributed by atoms with van der Waals surface area (Å²) >= 11 is 1.38. The van der Waals surface area contributed by atoms with E-state index in [4.69, 9.17) is 5.11 Å². The molecule has 4 nitrogen and oxygen atoms in total. The first-order valence-corrected chi connectivity index (χ1v) is 5.78. The van der Waals surface area contributed by atoms with Gasteiger partial charge in [0.25, 0.3) is 0 Å². The van der Waals surface area contributed by atoms with E-state index in [0.29, 0.717) is 0 Å². The second-order valence-electron chi connectivity index (χ2n) is 3.23. The van der Waals surface area contributed by atoms with Gasteiger partial charge in [0.1, 0.15) is 6.04 Å². The highest BCUT2D eigenvalue weighted by atomic mass is 32.2. The monoisotopic (exact) mass is 239 g/mol. The van der Waals surface area contributed by atoms with Crippen molar-refractivity contribution in [3.05, 3.63) is 30.3 Å². The number of rotatable bonds is 5. The topological polar surface area (TPSA) is 66.4 Å². The first-order valence-electron chi connectivity index (χ1n) is 4.79. The number of amides is 1. The highest BCUT2D eigenvalue weighted by molar-refractivity contribution is 8.00. The zero-order valence-corrected chi connectivity index (χ0v) is 9.66. The highest BCUT2D eigenvalue weighted by Crippen LogP contribution is 2.16. The SMILES string of the molecule is CC(NC(=O)CSc1ccccc1)C(=O)O. The summed E-state index contributed by atoms with van der Waals surface area (Å²) in [7, 11) is 0. The molecule has 0 aliphatic carbocycles. The van der Waals surface area contributed by atoms with E-state index in [9.17, 15) is 9.59 Å². The van der Waals surface area contributed by atoms with E-state index in [1.54, 1.807) is 0 Å². The van der Waals surface area contributed by atoms with Gasteiger partial charge in [0.15, 0.2) is 0 Å². The summed E-state index contributed by atoms with van der Waals surface area (Å²) < 4.78 is 0. The zero-order valence-electron chi connectivity index (χ0n) is 8.84. The van der Waals surface area contributed by atoms with Gasteiger partial charge in [-0.05, 0) is 19.1 Å². The molecule has 1 aromatic carbocycles. The lowest BCUT2D eigenvalue weighted by atomic mass is 10.3. The Morgan fingerprint density at radius 1 is 1.38 bits per heavy atom. The van der Waals surface area contributed by atoms with E-state index in [1.165, 1.54) is 18.7 Å². The normalized spacial score (nSPS) is 11.8. The first kappa shape index (κ1) is 12.6. The van der Waals surface area contributed by atoms with Crippen molar-refractivity contribution in [2.45, 2.75) is 17.9 Å². The molecule has 1 amide bonds. The summed E-state index contributed by atoms with van der Waals surface area (Å²) in [6.07, 6.45) is 0. The number of hydrogen-bond donors (Lipinski definition) is 2. The fourth-order valence-electron chi connectivity index (χ4n) is 1.01. The van der Waals surface area contributed by atoms with E-state index < -0.39 is 12.0 Å². The predicted molar refractivity (Wildman–Crippen MR) is 62.4 cm³/mol. The van der Waals surface area contributed by atoms with E-state index in [0.717, 1.165) is 4.90 Å². The molecule has 1 rings (SSSR count). The largest absolute Gasteiger partial charge is 0.480 e. The van der Waals surface area contributed by atoms with Crippen LogP contribution in [0.2, 0.25) is 0 Å². The maximum Gasteiger partial charge on any atom is 0.325 e. The summed E-state index contributed by atoms with van der Waals surface area (Å²) in [6.45, 7) is 1.44. The second-order valence-corrected chi connectivity index (χ2v) is 4.28. The predicted octanol–water partition coefficient (Wildman–Crippen LogP) is 1.37. The van der Waals surface area contributed by atoms with E-state index in [-0.39, 0.29) is 11.7 Å². The standard InChI is InChI=1S/C11H13NO3S/c1-8(11(14)15)12-10(13)7-16-9-5-3-2-4-6-9/h2-6,8H,7H2,1H3,(H,12,13)(H,14,15). The van der Waals surface area contributed by atoms with Gasteiger partial charge in [0.05, 0.1) is 5.75 Å². The molecule has 0 bridgehead atoms. The van der Waals surface area contributed by atoms with Crippen LogP contribution < -0.4 is 5.32 Å². The molecule has 0 fully saturated rings. The number of thioether (sulfide) groups is 1. The molecule has 5 heteroatoms. The number of carbonyl (C=O) groups excluding carboxylic acids is 1. The van der Waals surface area contributed by atoms with Gasteiger partial charge in [-0.15, -0.1) is 11.8 Å². The van der Waals surface area contributed by atoms with Crippen molar-refractivity contribution in [1.82, 2.24) is 5.32 Å². The Bertz CT molecular complexity index is 367. The Hall–Kier alpha value is -1.49. The zero-order chi connectivity index (χ0) is 12.0. The van der Waals surface area contributed by atoms with E-state index >= 15 is 0 Å². The molecule has 0 radical (unpaired) electrons. The molecule has 0 saturated carbocycles. The summed E-state index contributed by atoms with van der Waals surface area (Å²) in [6, 6.07) is 8.64. The molecule has 0 aromatic heterocycles. The van der Waals surface area contributed by atoms with Crippen LogP contribution in [-0.2, 0) is 9.59 Å². The third-order valence-corrected chi connectivity index (χ3v) is 2.87. The van der Waals surface area contributed by atoms with Gasteiger partial charge in [-0.25, -0.2) is 0 Å². The fourth-order valence-corrected chi connectivity index (χ4v) is 1.74. The van der Waals surface area contributed by atoms with E-state index in [1.807, 2.05) is 30.3 Å². The number of carbonyl (C=O) groups is 2. The van der Waals surface area contributed by atoms with Crippen LogP contribution in [0.1, 0.15) is 6.92 Å². The minimum atomic E-state index is -1.03. The molecule has 1 atom stereocenters.